The van der Waals surface area contributed by atoms with Crippen molar-refractivity contribution < 1.29 is 9.84 Å². The second-order valence-corrected chi connectivity index (χ2v) is 4.28. The second-order valence-electron chi connectivity index (χ2n) is 4.28. The smallest absolute Gasteiger partial charge is 0.0975 e. The summed E-state index contributed by atoms with van der Waals surface area (Å²) in [6.45, 7) is 0.918. The Kier molecular flexibility index (Phi) is 1.06. The molecule has 0 amide bonds. The molecule has 0 aromatic rings. The molecule has 2 aliphatic carbocycles. The highest BCUT2D eigenvalue weighted by atomic mass is 16.5. The van der Waals surface area contributed by atoms with Crippen LogP contribution in [0.2, 0.25) is 0 Å². The lowest BCUT2D eigenvalue weighted by Gasteiger charge is -2.51. The van der Waals surface area contributed by atoms with E-state index in [0.717, 1.165) is 25.4 Å². The molecule has 0 radical (unpaired) electrons. The first kappa shape index (κ1) is 6.44. The van der Waals surface area contributed by atoms with E-state index >= 15 is 0 Å². The van der Waals surface area contributed by atoms with Gasteiger partial charge in [0.25, 0.3) is 0 Å². The molecule has 1 spiro atoms. The zero-order valence-electron chi connectivity index (χ0n) is 6.62. The Labute approximate surface area is 66.5 Å². The van der Waals surface area contributed by atoms with Crippen LogP contribution < -0.4 is 0 Å². The third kappa shape index (κ3) is 0.574. The van der Waals surface area contributed by atoms with E-state index in [4.69, 9.17) is 4.74 Å². The standard InChI is InChI=1S/C9H14O2/c10-8-3-1-2-7-6-4-9(7,8)11-5-6/h6-8,10H,1-5H2/t6-,7-,8-,9-/m0/s1. The molecule has 0 aromatic heterocycles. The molecule has 4 rings (SSSR count). The van der Waals surface area contributed by atoms with Crippen molar-refractivity contribution in [2.45, 2.75) is 37.4 Å². The van der Waals surface area contributed by atoms with Crippen molar-refractivity contribution in [3.8, 4) is 0 Å². The lowest BCUT2D eigenvalue weighted by molar-refractivity contribution is -0.158. The molecule has 2 heterocycles. The molecular formula is C9H14O2. The first-order valence-electron chi connectivity index (χ1n) is 4.65. The normalized spacial score (nSPS) is 60.3. The van der Waals surface area contributed by atoms with Gasteiger partial charge in [-0.05, 0) is 31.1 Å². The fraction of sp³-hybridized carbons (Fsp3) is 1.00. The van der Waals surface area contributed by atoms with Crippen LogP contribution in [0, 0.1) is 11.8 Å². The number of aliphatic hydroxyl groups is 1. The van der Waals surface area contributed by atoms with Gasteiger partial charge in [-0.15, -0.1) is 0 Å². The number of ether oxygens (including phenoxy) is 1. The molecule has 4 atom stereocenters. The van der Waals surface area contributed by atoms with Crippen molar-refractivity contribution in [3.05, 3.63) is 0 Å². The van der Waals surface area contributed by atoms with Crippen LogP contribution in [0.1, 0.15) is 25.7 Å². The topological polar surface area (TPSA) is 29.5 Å². The van der Waals surface area contributed by atoms with Gasteiger partial charge in [-0.2, -0.15) is 0 Å². The third-order valence-corrected chi connectivity index (χ3v) is 3.90. The summed E-state index contributed by atoms with van der Waals surface area (Å²) in [6, 6.07) is 0. The number of fused-ring (bicyclic) bond motifs is 1. The molecule has 2 bridgehead atoms. The summed E-state index contributed by atoms with van der Waals surface area (Å²) >= 11 is 0. The highest BCUT2D eigenvalue weighted by Gasteiger charge is 2.64. The maximum atomic E-state index is 9.75. The van der Waals surface area contributed by atoms with E-state index in [1.165, 1.54) is 12.8 Å². The van der Waals surface area contributed by atoms with Gasteiger partial charge in [0, 0.05) is 0 Å². The monoisotopic (exact) mass is 154 g/mol. The molecule has 2 saturated carbocycles. The van der Waals surface area contributed by atoms with Gasteiger partial charge in [-0.1, -0.05) is 6.42 Å². The highest BCUT2D eigenvalue weighted by Crippen LogP contribution is 2.59. The largest absolute Gasteiger partial charge is 0.390 e. The summed E-state index contributed by atoms with van der Waals surface area (Å²) in [6.07, 6.45) is 4.44. The van der Waals surface area contributed by atoms with Crippen LogP contribution in [-0.2, 0) is 4.74 Å². The van der Waals surface area contributed by atoms with E-state index in [1.54, 1.807) is 0 Å². The maximum absolute atomic E-state index is 9.75. The quantitative estimate of drug-likeness (QED) is 0.562. The number of hydrogen-bond acceptors (Lipinski definition) is 2. The van der Waals surface area contributed by atoms with Gasteiger partial charge in [-0.25, -0.2) is 0 Å². The van der Waals surface area contributed by atoms with Crippen molar-refractivity contribution in [2.24, 2.45) is 11.8 Å². The van der Waals surface area contributed by atoms with Gasteiger partial charge in [-0.3, -0.25) is 0 Å². The minimum atomic E-state index is -0.153. The van der Waals surface area contributed by atoms with Crippen LogP contribution in [0.3, 0.4) is 0 Å². The lowest BCUT2D eigenvalue weighted by Crippen LogP contribution is -2.58. The Bertz CT molecular complexity index is 188. The van der Waals surface area contributed by atoms with Crippen molar-refractivity contribution in [3.63, 3.8) is 0 Å². The van der Waals surface area contributed by atoms with Gasteiger partial charge < -0.3 is 9.84 Å². The van der Waals surface area contributed by atoms with Crippen molar-refractivity contribution >= 4 is 0 Å². The first-order chi connectivity index (χ1) is 5.33. The molecular weight excluding hydrogens is 140 g/mol. The van der Waals surface area contributed by atoms with E-state index in [1.807, 2.05) is 0 Å². The fourth-order valence-electron chi connectivity index (χ4n) is 3.28. The van der Waals surface area contributed by atoms with E-state index in [9.17, 15) is 5.11 Å². The summed E-state index contributed by atoms with van der Waals surface area (Å²) < 4.78 is 5.68. The summed E-state index contributed by atoms with van der Waals surface area (Å²) in [5.41, 5.74) is -0.0527. The molecule has 62 valence electrons. The summed E-state index contributed by atoms with van der Waals surface area (Å²) in [5, 5.41) is 9.75. The van der Waals surface area contributed by atoms with E-state index in [0.29, 0.717) is 5.92 Å². The average Bonchev–Trinajstić information content (AvgIpc) is 2.51. The van der Waals surface area contributed by atoms with E-state index < -0.39 is 0 Å². The molecule has 1 N–H and O–H groups in total. The predicted molar refractivity (Wildman–Crippen MR) is 40.1 cm³/mol. The SMILES string of the molecule is O[C@H]1CCC[C@H]2[C@@H]3CO[C@]12C3. The van der Waals surface area contributed by atoms with Crippen LogP contribution in [0.4, 0.5) is 0 Å². The Morgan fingerprint density at radius 3 is 3.00 bits per heavy atom. The van der Waals surface area contributed by atoms with Gasteiger partial charge in [0.15, 0.2) is 0 Å². The minimum Gasteiger partial charge on any atom is -0.390 e. The van der Waals surface area contributed by atoms with Gasteiger partial charge >= 0.3 is 0 Å². The van der Waals surface area contributed by atoms with Crippen LogP contribution in [0.5, 0.6) is 0 Å². The lowest BCUT2D eigenvalue weighted by atomic mass is 9.57. The molecule has 4 fully saturated rings. The van der Waals surface area contributed by atoms with E-state index in [2.05, 4.69) is 0 Å². The number of aliphatic hydroxyl groups excluding tert-OH is 1. The van der Waals surface area contributed by atoms with Crippen molar-refractivity contribution in [1.29, 1.82) is 0 Å². The molecule has 4 aliphatic rings. The van der Waals surface area contributed by atoms with Gasteiger partial charge in [0.1, 0.15) is 0 Å². The second kappa shape index (κ2) is 1.80. The Morgan fingerprint density at radius 2 is 2.27 bits per heavy atom. The van der Waals surface area contributed by atoms with Crippen LogP contribution in [-0.4, -0.2) is 23.4 Å². The average molecular weight is 154 g/mol. The number of rotatable bonds is 0. The predicted octanol–water partition coefficient (Wildman–Crippen LogP) is 0.936. The fourth-order valence-corrected chi connectivity index (χ4v) is 3.28. The van der Waals surface area contributed by atoms with Gasteiger partial charge in [0.05, 0.1) is 18.3 Å². The highest BCUT2D eigenvalue weighted by molar-refractivity contribution is 5.13. The summed E-state index contributed by atoms with van der Waals surface area (Å²) in [7, 11) is 0. The van der Waals surface area contributed by atoms with Crippen LogP contribution >= 0.6 is 0 Å². The Balaban J connectivity index is 1.93. The molecule has 2 nitrogen and oxygen atoms in total. The van der Waals surface area contributed by atoms with Crippen LogP contribution in [0.25, 0.3) is 0 Å². The Morgan fingerprint density at radius 1 is 1.36 bits per heavy atom. The first-order valence-corrected chi connectivity index (χ1v) is 4.65. The number of hydrogen-bond donors (Lipinski definition) is 1. The molecule has 2 aliphatic heterocycles. The Hall–Kier alpha value is -0.0800. The molecule has 0 unspecified atom stereocenters. The van der Waals surface area contributed by atoms with Crippen molar-refractivity contribution in [2.75, 3.05) is 6.61 Å². The maximum Gasteiger partial charge on any atom is 0.0975 e. The van der Waals surface area contributed by atoms with Crippen molar-refractivity contribution in [1.82, 2.24) is 0 Å². The van der Waals surface area contributed by atoms with Gasteiger partial charge in [0.2, 0.25) is 0 Å². The molecule has 11 heavy (non-hydrogen) atoms. The zero-order chi connectivity index (χ0) is 7.47. The summed E-state index contributed by atoms with van der Waals surface area (Å²) in [5.74, 6) is 1.51. The zero-order valence-corrected chi connectivity index (χ0v) is 6.62. The molecule has 2 heteroatoms. The summed E-state index contributed by atoms with van der Waals surface area (Å²) in [4.78, 5) is 0. The molecule has 2 saturated heterocycles. The van der Waals surface area contributed by atoms with E-state index in [-0.39, 0.29) is 11.7 Å². The molecule has 0 aromatic carbocycles. The van der Waals surface area contributed by atoms with Crippen LogP contribution in [0.15, 0.2) is 0 Å². The minimum absolute atomic E-state index is 0.0527. The third-order valence-electron chi connectivity index (χ3n) is 3.90.